The monoisotopic (exact) mass is 383 g/mol. The summed E-state index contributed by atoms with van der Waals surface area (Å²) >= 11 is 0. The molecule has 3 rings (SSSR count). The van der Waals surface area contributed by atoms with Gasteiger partial charge in [-0.2, -0.15) is 0 Å². The number of nitrogens with zero attached hydrogens (tertiary/aromatic N) is 2. The fourth-order valence-corrected chi connectivity index (χ4v) is 3.12. The van der Waals surface area contributed by atoms with Crippen LogP contribution in [-0.4, -0.2) is 36.6 Å². The molecule has 28 heavy (non-hydrogen) atoms. The van der Waals surface area contributed by atoms with E-state index in [4.69, 9.17) is 14.2 Å². The maximum atomic E-state index is 13.0. The molecule has 0 aliphatic heterocycles. The molecule has 1 aromatic carbocycles. The van der Waals surface area contributed by atoms with E-state index in [-0.39, 0.29) is 5.91 Å². The number of anilines is 1. The minimum Gasteiger partial charge on any atom is -0.493 e. The average Bonchev–Trinajstić information content (AvgIpc) is 3.05. The van der Waals surface area contributed by atoms with Crippen molar-refractivity contribution >= 4 is 17.1 Å². The Morgan fingerprint density at radius 2 is 1.79 bits per heavy atom. The van der Waals surface area contributed by atoms with E-state index < -0.39 is 0 Å². The summed E-state index contributed by atoms with van der Waals surface area (Å²) in [5.41, 5.74) is 1.68. The number of ether oxygens (including phenoxy) is 3. The second-order valence-electron chi connectivity index (χ2n) is 6.80. The molecule has 148 valence electrons. The van der Waals surface area contributed by atoms with Crippen LogP contribution in [0.5, 0.6) is 17.2 Å². The molecule has 2 aromatic heterocycles. The molecule has 0 saturated heterocycles. The number of benzene rings is 1. The van der Waals surface area contributed by atoms with Crippen molar-refractivity contribution in [2.45, 2.75) is 20.3 Å². The molecule has 3 aromatic rings. The summed E-state index contributed by atoms with van der Waals surface area (Å²) in [6, 6.07) is 9.09. The SMILES string of the molecule is COc1cc(NC(=O)c2nc(CC(C)C)n3ccccc23)cc(OC)c1OC. The number of carbonyl (C=O) groups excluding carboxylic acids is 1. The molecular weight excluding hydrogens is 358 g/mol. The van der Waals surface area contributed by atoms with Gasteiger partial charge in [-0.3, -0.25) is 4.79 Å². The van der Waals surface area contributed by atoms with Gasteiger partial charge in [0.1, 0.15) is 5.82 Å². The lowest BCUT2D eigenvalue weighted by Gasteiger charge is -2.14. The van der Waals surface area contributed by atoms with E-state index >= 15 is 0 Å². The van der Waals surface area contributed by atoms with E-state index in [1.807, 2.05) is 28.8 Å². The van der Waals surface area contributed by atoms with E-state index in [0.717, 1.165) is 17.8 Å². The number of methoxy groups -OCH3 is 3. The lowest BCUT2D eigenvalue weighted by Crippen LogP contribution is -2.13. The van der Waals surface area contributed by atoms with Crippen LogP contribution < -0.4 is 19.5 Å². The summed E-state index contributed by atoms with van der Waals surface area (Å²) in [5, 5.41) is 2.89. The molecule has 0 fully saturated rings. The summed E-state index contributed by atoms with van der Waals surface area (Å²) in [6.07, 6.45) is 2.71. The van der Waals surface area contributed by atoms with Crippen LogP contribution in [0.4, 0.5) is 5.69 Å². The van der Waals surface area contributed by atoms with Gasteiger partial charge in [0.05, 0.1) is 26.8 Å². The second kappa shape index (κ2) is 8.21. The maximum Gasteiger partial charge on any atom is 0.276 e. The van der Waals surface area contributed by atoms with Gasteiger partial charge in [-0.25, -0.2) is 4.98 Å². The Morgan fingerprint density at radius 1 is 1.11 bits per heavy atom. The quantitative estimate of drug-likeness (QED) is 0.672. The largest absolute Gasteiger partial charge is 0.493 e. The van der Waals surface area contributed by atoms with Crippen LogP contribution in [0.2, 0.25) is 0 Å². The number of aromatic nitrogens is 2. The van der Waals surface area contributed by atoms with Crippen LogP contribution in [0.1, 0.15) is 30.2 Å². The fourth-order valence-electron chi connectivity index (χ4n) is 3.12. The first kappa shape index (κ1) is 19.5. The first-order valence-corrected chi connectivity index (χ1v) is 9.05. The molecule has 1 amide bonds. The lowest BCUT2D eigenvalue weighted by molar-refractivity contribution is 0.102. The van der Waals surface area contributed by atoms with Crippen LogP contribution in [0, 0.1) is 5.92 Å². The topological polar surface area (TPSA) is 74.1 Å². The third kappa shape index (κ3) is 3.74. The number of hydrogen-bond donors (Lipinski definition) is 1. The zero-order valence-electron chi connectivity index (χ0n) is 16.8. The van der Waals surface area contributed by atoms with Gasteiger partial charge in [0, 0.05) is 30.4 Å². The second-order valence-corrected chi connectivity index (χ2v) is 6.80. The molecule has 0 bridgehead atoms. The highest BCUT2D eigenvalue weighted by molar-refractivity contribution is 6.07. The van der Waals surface area contributed by atoms with E-state index in [1.165, 1.54) is 21.3 Å². The molecule has 0 aliphatic carbocycles. The minimum absolute atomic E-state index is 0.298. The van der Waals surface area contributed by atoms with Gasteiger partial charge in [-0.05, 0) is 18.1 Å². The standard InChI is InChI=1S/C21H25N3O4/c1-13(2)10-18-23-19(15-8-6-7-9-24(15)18)21(25)22-14-11-16(26-3)20(28-5)17(12-14)27-4/h6-9,11-13H,10H2,1-5H3,(H,22,25). The van der Waals surface area contributed by atoms with Crippen molar-refractivity contribution in [2.75, 3.05) is 26.6 Å². The molecule has 0 spiro atoms. The minimum atomic E-state index is -0.298. The predicted molar refractivity (Wildman–Crippen MR) is 108 cm³/mol. The Balaban J connectivity index is 1.98. The van der Waals surface area contributed by atoms with Gasteiger partial charge in [0.15, 0.2) is 17.2 Å². The van der Waals surface area contributed by atoms with E-state index in [9.17, 15) is 4.79 Å². The van der Waals surface area contributed by atoms with Gasteiger partial charge >= 0.3 is 0 Å². The Kier molecular flexibility index (Phi) is 5.73. The van der Waals surface area contributed by atoms with Crippen molar-refractivity contribution in [3.63, 3.8) is 0 Å². The number of carbonyl (C=O) groups is 1. The first-order valence-electron chi connectivity index (χ1n) is 9.05. The normalized spacial score (nSPS) is 10.9. The Labute approximate surface area is 164 Å². The zero-order chi connectivity index (χ0) is 20.3. The molecule has 0 aliphatic rings. The number of rotatable bonds is 7. The highest BCUT2D eigenvalue weighted by Gasteiger charge is 2.20. The highest BCUT2D eigenvalue weighted by atomic mass is 16.5. The van der Waals surface area contributed by atoms with Crippen molar-refractivity contribution in [1.82, 2.24) is 9.38 Å². The Hall–Kier alpha value is -3.22. The van der Waals surface area contributed by atoms with Gasteiger partial charge < -0.3 is 23.9 Å². The van der Waals surface area contributed by atoms with E-state index in [2.05, 4.69) is 24.1 Å². The molecule has 7 heteroatoms. The van der Waals surface area contributed by atoms with Gasteiger partial charge in [0.25, 0.3) is 5.91 Å². The number of nitrogens with one attached hydrogen (secondary N) is 1. The van der Waals surface area contributed by atoms with E-state index in [1.54, 1.807) is 12.1 Å². The van der Waals surface area contributed by atoms with Gasteiger partial charge in [0.2, 0.25) is 5.75 Å². The number of amides is 1. The number of pyridine rings is 1. The van der Waals surface area contributed by atoms with Crippen LogP contribution >= 0.6 is 0 Å². The molecule has 0 radical (unpaired) electrons. The third-order valence-corrected chi connectivity index (χ3v) is 4.35. The van der Waals surface area contributed by atoms with Crippen LogP contribution in [-0.2, 0) is 6.42 Å². The summed E-state index contributed by atoms with van der Waals surface area (Å²) < 4.78 is 18.0. The van der Waals surface area contributed by atoms with Gasteiger partial charge in [-0.1, -0.05) is 19.9 Å². The molecule has 0 atom stereocenters. The Bertz CT molecular complexity index is 969. The Morgan fingerprint density at radius 3 is 2.36 bits per heavy atom. The molecule has 2 heterocycles. The van der Waals surface area contributed by atoms with Crippen molar-refractivity contribution in [3.8, 4) is 17.2 Å². The van der Waals surface area contributed by atoms with Crippen molar-refractivity contribution in [3.05, 3.63) is 48.0 Å². The van der Waals surface area contributed by atoms with Crippen LogP contribution in [0.3, 0.4) is 0 Å². The van der Waals surface area contributed by atoms with Crippen molar-refractivity contribution in [2.24, 2.45) is 5.92 Å². The summed E-state index contributed by atoms with van der Waals surface area (Å²) in [7, 11) is 4.60. The fraction of sp³-hybridized carbons (Fsp3) is 0.333. The van der Waals surface area contributed by atoms with E-state index in [0.29, 0.717) is 34.5 Å². The summed E-state index contributed by atoms with van der Waals surface area (Å²) in [6.45, 7) is 4.25. The van der Waals surface area contributed by atoms with Crippen LogP contribution in [0.25, 0.3) is 5.52 Å². The summed E-state index contributed by atoms with van der Waals surface area (Å²) in [5.74, 6) is 2.39. The predicted octanol–water partition coefficient (Wildman–Crippen LogP) is 3.81. The number of hydrogen-bond acceptors (Lipinski definition) is 5. The molecular formula is C21H25N3O4. The lowest BCUT2D eigenvalue weighted by atomic mass is 10.1. The highest BCUT2D eigenvalue weighted by Crippen LogP contribution is 2.40. The smallest absolute Gasteiger partial charge is 0.276 e. The van der Waals surface area contributed by atoms with Crippen molar-refractivity contribution in [1.29, 1.82) is 0 Å². The third-order valence-electron chi connectivity index (χ3n) is 4.35. The molecule has 0 saturated carbocycles. The number of imidazole rings is 1. The maximum absolute atomic E-state index is 13.0. The van der Waals surface area contributed by atoms with Crippen molar-refractivity contribution < 1.29 is 19.0 Å². The first-order chi connectivity index (χ1) is 13.5. The summed E-state index contributed by atoms with van der Waals surface area (Å²) in [4.78, 5) is 17.6. The molecule has 0 unspecified atom stereocenters. The molecule has 7 nitrogen and oxygen atoms in total. The average molecular weight is 383 g/mol. The number of fused-ring (bicyclic) bond motifs is 1. The molecule has 1 N–H and O–H groups in total. The van der Waals surface area contributed by atoms with Gasteiger partial charge in [-0.15, -0.1) is 0 Å². The van der Waals surface area contributed by atoms with Crippen LogP contribution in [0.15, 0.2) is 36.5 Å². The zero-order valence-corrected chi connectivity index (χ0v) is 16.8.